The van der Waals surface area contributed by atoms with Crippen molar-refractivity contribution in [1.82, 2.24) is 20.4 Å². The first-order valence-corrected chi connectivity index (χ1v) is 10.2. The van der Waals surface area contributed by atoms with E-state index < -0.39 is 6.04 Å². The van der Waals surface area contributed by atoms with E-state index in [1.54, 1.807) is 0 Å². The summed E-state index contributed by atoms with van der Waals surface area (Å²) in [7, 11) is 0. The fourth-order valence-electron chi connectivity index (χ4n) is 4.66. The molecule has 0 saturated carbocycles. The van der Waals surface area contributed by atoms with Crippen LogP contribution in [0.4, 0.5) is 4.79 Å². The van der Waals surface area contributed by atoms with Crippen LogP contribution in [0, 0.1) is 5.41 Å². The van der Waals surface area contributed by atoms with Gasteiger partial charge in [0.15, 0.2) is 0 Å². The third kappa shape index (κ3) is 3.98. The number of amides is 4. The number of aryl methyl sites for hydroxylation is 1. The van der Waals surface area contributed by atoms with Crippen molar-refractivity contribution in [2.24, 2.45) is 5.41 Å². The Morgan fingerprint density at radius 3 is 2.57 bits per heavy atom. The molecular formula is C21H28N4O3. The van der Waals surface area contributed by atoms with Crippen molar-refractivity contribution in [2.45, 2.75) is 38.1 Å². The lowest BCUT2D eigenvalue weighted by Gasteiger charge is -2.39. The van der Waals surface area contributed by atoms with Crippen LogP contribution in [0.3, 0.4) is 0 Å². The van der Waals surface area contributed by atoms with Gasteiger partial charge in [-0.1, -0.05) is 30.3 Å². The molecule has 2 N–H and O–H groups in total. The molecule has 28 heavy (non-hydrogen) atoms. The van der Waals surface area contributed by atoms with Crippen molar-refractivity contribution in [2.75, 3.05) is 32.7 Å². The highest BCUT2D eigenvalue weighted by Gasteiger charge is 2.45. The zero-order chi connectivity index (χ0) is 19.6. The second-order valence-electron chi connectivity index (χ2n) is 8.31. The SMILES string of the molecule is O=C1NC[C@H](C(=O)N2CCC3(CC2)CC(=O)N(CCCc2ccccc2)C3)N1. The van der Waals surface area contributed by atoms with Crippen molar-refractivity contribution in [3.05, 3.63) is 35.9 Å². The van der Waals surface area contributed by atoms with E-state index in [0.29, 0.717) is 26.1 Å². The minimum atomic E-state index is -0.457. The van der Waals surface area contributed by atoms with E-state index in [2.05, 4.69) is 22.8 Å². The molecular weight excluding hydrogens is 356 g/mol. The third-order valence-electron chi connectivity index (χ3n) is 6.35. The largest absolute Gasteiger partial charge is 0.342 e. The molecule has 0 aliphatic carbocycles. The fourth-order valence-corrected chi connectivity index (χ4v) is 4.66. The number of carbonyl (C=O) groups excluding carboxylic acids is 3. The van der Waals surface area contributed by atoms with Gasteiger partial charge < -0.3 is 20.4 Å². The van der Waals surface area contributed by atoms with Gasteiger partial charge >= 0.3 is 6.03 Å². The average Bonchev–Trinajstić information content (AvgIpc) is 3.26. The number of likely N-dealkylation sites (tertiary alicyclic amines) is 2. The summed E-state index contributed by atoms with van der Waals surface area (Å²) in [6, 6.07) is 9.64. The quantitative estimate of drug-likeness (QED) is 0.799. The summed E-state index contributed by atoms with van der Waals surface area (Å²) in [6.45, 7) is 3.29. The number of nitrogens with one attached hydrogen (secondary N) is 2. The monoisotopic (exact) mass is 384 g/mol. The van der Waals surface area contributed by atoms with Gasteiger partial charge in [0.05, 0.1) is 0 Å². The lowest BCUT2D eigenvalue weighted by Crippen LogP contribution is -2.50. The average molecular weight is 384 g/mol. The minimum Gasteiger partial charge on any atom is -0.342 e. The van der Waals surface area contributed by atoms with Crippen LogP contribution >= 0.6 is 0 Å². The molecule has 0 aromatic heterocycles. The molecule has 150 valence electrons. The lowest BCUT2D eigenvalue weighted by atomic mass is 9.77. The zero-order valence-corrected chi connectivity index (χ0v) is 16.2. The van der Waals surface area contributed by atoms with Crippen LogP contribution in [0.5, 0.6) is 0 Å². The molecule has 1 atom stereocenters. The number of rotatable bonds is 5. The van der Waals surface area contributed by atoms with Gasteiger partial charge in [-0.25, -0.2) is 4.79 Å². The summed E-state index contributed by atoms with van der Waals surface area (Å²) in [6.07, 6.45) is 4.27. The van der Waals surface area contributed by atoms with Crippen molar-refractivity contribution in [1.29, 1.82) is 0 Å². The van der Waals surface area contributed by atoms with Gasteiger partial charge in [-0.05, 0) is 31.2 Å². The van der Waals surface area contributed by atoms with Gasteiger partial charge in [0.2, 0.25) is 11.8 Å². The summed E-state index contributed by atoms with van der Waals surface area (Å²) in [5.74, 6) is 0.234. The Morgan fingerprint density at radius 2 is 1.89 bits per heavy atom. The topological polar surface area (TPSA) is 81.8 Å². The standard InChI is InChI=1S/C21H28N4O3/c26-18-13-21(15-25(18)10-4-7-16-5-2-1-3-6-16)8-11-24(12-9-21)19(27)17-14-22-20(28)23-17/h1-3,5-6,17H,4,7-15H2,(H2,22,23,28)/t17-/m1/s1. The summed E-state index contributed by atoms with van der Waals surface area (Å²) in [5, 5.41) is 5.29. The Labute approximate surface area is 165 Å². The first-order chi connectivity index (χ1) is 13.5. The van der Waals surface area contributed by atoms with Gasteiger partial charge in [-0.2, -0.15) is 0 Å². The summed E-state index contributed by atoms with van der Waals surface area (Å²) >= 11 is 0. The van der Waals surface area contributed by atoms with Crippen LogP contribution in [0.15, 0.2) is 30.3 Å². The zero-order valence-electron chi connectivity index (χ0n) is 16.2. The van der Waals surface area contributed by atoms with Gasteiger partial charge in [-0.3, -0.25) is 9.59 Å². The maximum absolute atomic E-state index is 12.5. The highest BCUT2D eigenvalue weighted by atomic mass is 16.2. The second kappa shape index (κ2) is 7.81. The first kappa shape index (κ1) is 18.8. The Bertz CT molecular complexity index is 743. The molecule has 0 unspecified atom stereocenters. The molecule has 7 nitrogen and oxygen atoms in total. The molecule has 0 radical (unpaired) electrons. The van der Waals surface area contributed by atoms with E-state index in [1.165, 1.54) is 5.56 Å². The Kier molecular flexibility index (Phi) is 5.24. The normalized spacial score (nSPS) is 23.8. The third-order valence-corrected chi connectivity index (χ3v) is 6.35. The summed E-state index contributed by atoms with van der Waals surface area (Å²) in [5.41, 5.74) is 1.32. The van der Waals surface area contributed by atoms with Crippen molar-refractivity contribution in [3.8, 4) is 0 Å². The fraction of sp³-hybridized carbons (Fsp3) is 0.571. The highest BCUT2D eigenvalue weighted by molar-refractivity contribution is 5.90. The van der Waals surface area contributed by atoms with Crippen LogP contribution in [0.2, 0.25) is 0 Å². The lowest BCUT2D eigenvalue weighted by molar-refractivity contribution is -0.134. The Hall–Kier alpha value is -2.57. The molecule has 3 aliphatic rings. The van der Waals surface area contributed by atoms with Gasteiger partial charge in [0.25, 0.3) is 0 Å². The molecule has 4 rings (SSSR count). The number of nitrogens with zero attached hydrogens (tertiary/aromatic N) is 2. The smallest absolute Gasteiger partial charge is 0.315 e. The maximum atomic E-state index is 12.5. The first-order valence-electron chi connectivity index (χ1n) is 10.2. The van der Waals surface area contributed by atoms with Crippen molar-refractivity contribution >= 4 is 17.8 Å². The van der Waals surface area contributed by atoms with E-state index in [4.69, 9.17) is 0 Å². The van der Waals surface area contributed by atoms with Crippen molar-refractivity contribution in [3.63, 3.8) is 0 Å². The maximum Gasteiger partial charge on any atom is 0.315 e. The predicted octanol–water partition coefficient (Wildman–Crippen LogP) is 1.14. The van der Waals surface area contributed by atoms with Crippen LogP contribution in [-0.2, 0) is 16.0 Å². The molecule has 7 heteroatoms. The molecule has 3 heterocycles. The summed E-state index contributed by atoms with van der Waals surface area (Å²) in [4.78, 5) is 40.2. The van der Waals surface area contributed by atoms with E-state index in [9.17, 15) is 14.4 Å². The predicted molar refractivity (Wildman–Crippen MR) is 105 cm³/mol. The molecule has 0 bridgehead atoms. The van der Waals surface area contributed by atoms with E-state index in [-0.39, 0.29) is 23.3 Å². The molecule has 3 aliphatic heterocycles. The number of piperidine rings is 1. The van der Waals surface area contributed by atoms with Gasteiger partial charge in [0.1, 0.15) is 6.04 Å². The minimum absolute atomic E-state index is 0.0117. The number of hydrogen-bond donors (Lipinski definition) is 2. The molecule has 1 aromatic rings. The van der Waals surface area contributed by atoms with Crippen LogP contribution in [-0.4, -0.2) is 66.4 Å². The molecule has 3 saturated heterocycles. The van der Waals surface area contributed by atoms with Crippen LogP contribution in [0.1, 0.15) is 31.2 Å². The number of urea groups is 1. The van der Waals surface area contributed by atoms with Crippen LogP contribution in [0.25, 0.3) is 0 Å². The molecule has 1 spiro atoms. The second-order valence-corrected chi connectivity index (χ2v) is 8.31. The molecule has 4 amide bonds. The van der Waals surface area contributed by atoms with Crippen LogP contribution < -0.4 is 10.6 Å². The molecule has 1 aromatic carbocycles. The Morgan fingerprint density at radius 1 is 1.14 bits per heavy atom. The van der Waals surface area contributed by atoms with E-state index >= 15 is 0 Å². The highest BCUT2D eigenvalue weighted by Crippen LogP contribution is 2.41. The number of carbonyl (C=O) groups is 3. The number of hydrogen-bond acceptors (Lipinski definition) is 3. The molecule has 3 fully saturated rings. The Balaban J connectivity index is 1.25. The van der Waals surface area contributed by atoms with Crippen molar-refractivity contribution < 1.29 is 14.4 Å². The summed E-state index contributed by atoms with van der Waals surface area (Å²) < 4.78 is 0. The van der Waals surface area contributed by atoms with Gasteiger partial charge in [-0.15, -0.1) is 0 Å². The van der Waals surface area contributed by atoms with E-state index in [0.717, 1.165) is 38.8 Å². The van der Waals surface area contributed by atoms with E-state index in [1.807, 2.05) is 28.0 Å². The van der Waals surface area contributed by atoms with Gasteiger partial charge in [0, 0.05) is 44.6 Å². The number of benzene rings is 1.